The van der Waals surface area contributed by atoms with Gasteiger partial charge in [0.05, 0.1) is 4.90 Å². The lowest BCUT2D eigenvalue weighted by Crippen LogP contribution is -2.37. The maximum atomic E-state index is 12.8. The minimum atomic E-state index is -3.44. The van der Waals surface area contributed by atoms with Crippen LogP contribution in [0.4, 0.5) is 0 Å². The highest BCUT2D eigenvalue weighted by molar-refractivity contribution is 7.98. The first kappa shape index (κ1) is 16.8. The van der Waals surface area contributed by atoms with Crippen molar-refractivity contribution >= 4 is 21.8 Å². The predicted octanol–water partition coefficient (Wildman–Crippen LogP) is 2.31. The third-order valence-electron chi connectivity index (χ3n) is 3.82. The van der Waals surface area contributed by atoms with Crippen LogP contribution in [0.1, 0.15) is 25.3 Å². The molecule has 1 aromatic rings. The van der Waals surface area contributed by atoms with E-state index >= 15 is 0 Å². The molecule has 0 heterocycles. The number of sulfonamides is 1. The molecule has 0 radical (unpaired) electrons. The van der Waals surface area contributed by atoms with Gasteiger partial charge in [-0.1, -0.05) is 18.2 Å². The molecular weight excluding hydrogens is 304 g/mol. The van der Waals surface area contributed by atoms with Gasteiger partial charge in [0.25, 0.3) is 0 Å². The van der Waals surface area contributed by atoms with Gasteiger partial charge in [0.1, 0.15) is 0 Å². The molecule has 0 bridgehead atoms. The Hall–Kier alpha value is -0.560. The van der Waals surface area contributed by atoms with E-state index in [0.29, 0.717) is 17.5 Å². The quantitative estimate of drug-likeness (QED) is 0.795. The van der Waals surface area contributed by atoms with Crippen molar-refractivity contribution in [1.29, 1.82) is 0 Å². The summed E-state index contributed by atoms with van der Waals surface area (Å²) in [6, 6.07) is 7.84. The van der Waals surface area contributed by atoms with Gasteiger partial charge in [-0.2, -0.15) is 16.1 Å². The number of rotatable bonds is 8. The fraction of sp³-hybridized carbons (Fsp3) is 0.600. The van der Waals surface area contributed by atoms with Gasteiger partial charge in [-0.05, 0) is 37.7 Å². The fourth-order valence-corrected chi connectivity index (χ4v) is 4.56. The third-order valence-corrected chi connectivity index (χ3v) is 6.70. The Morgan fingerprint density at radius 2 is 2.05 bits per heavy atom. The van der Waals surface area contributed by atoms with Crippen molar-refractivity contribution in [2.75, 3.05) is 19.1 Å². The summed E-state index contributed by atoms with van der Waals surface area (Å²) in [4.78, 5) is 0.425. The monoisotopic (exact) mass is 328 g/mol. The standard InChI is InChI=1S/C15H24N2O2S2/c1-12(11-20-3)17(2)21(18,19)15-7-5-4-6-13(15)10-16-14-8-9-14/h4-7,12,14,16H,8-11H2,1-3H3. The summed E-state index contributed by atoms with van der Waals surface area (Å²) in [6.45, 7) is 2.56. The SMILES string of the molecule is CSCC(C)N(C)S(=O)(=O)c1ccccc1CNC1CC1. The van der Waals surface area contributed by atoms with E-state index in [-0.39, 0.29) is 6.04 Å². The number of thioether (sulfide) groups is 1. The van der Waals surface area contributed by atoms with Crippen LogP contribution in [0, 0.1) is 0 Å². The molecular formula is C15H24N2O2S2. The third kappa shape index (κ3) is 4.22. The fourth-order valence-electron chi connectivity index (χ4n) is 2.18. The zero-order chi connectivity index (χ0) is 15.5. The van der Waals surface area contributed by atoms with Crippen molar-refractivity contribution in [3.05, 3.63) is 29.8 Å². The lowest BCUT2D eigenvalue weighted by molar-refractivity contribution is 0.414. The van der Waals surface area contributed by atoms with Crippen LogP contribution in [-0.4, -0.2) is 43.9 Å². The summed E-state index contributed by atoms with van der Waals surface area (Å²) in [5.41, 5.74) is 0.854. The molecule has 0 saturated heterocycles. The molecule has 21 heavy (non-hydrogen) atoms. The molecule has 4 nitrogen and oxygen atoms in total. The second-order valence-corrected chi connectivity index (χ2v) is 8.47. The van der Waals surface area contributed by atoms with Crippen LogP contribution in [0.15, 0.2) is 29.2 Å². The average Bonchev–Trinajstić information content (AvgIpc) is 3.29. The molecule has 1 aliphatic carbocycles. The van der Waals surface area contributed by atoms with Gasteiger partial charge in [0.2, 0.25) is 10.0 Å². The summed E-state index contributed by atoms with van der Waals surface area (Å²) >= 11 is 1.66. The largest absolute Gasteiger partial charge is 0.310 e. The van der Waals surface area contributed by atoms with E-state index in [4.69, 9.17) is 0 Å². The van der Waals surface area contributed by atoms with Crippen LogP contribution in [0.5, 0.6) is 0 Å². The molecule has 118 valence electrons. The smallest absolute Gasteiger partial charge is 0.243 e. The van der Waals surface area contributed by atoms with E-state index in [1.54, 1.807) is 30.9 Å². The highest BCUT2D eigenvalue weighted by atomic mass is 32.2. The summed E-state index contributed by atoms with van der Waals surface area (Å²) in [6.07, 6.45) is 4.38. The molecule has 0 spiro atoms. The van der Waals surface area contributed by atoms with Gasteiger partial charge >= 0.3 is 0 Å². The van der Waals surface area contributed by atoms with Crippen LogP contribution >= 0.6 is 11.8 Å². The van der Waals surface area contributed by atoms with Crippen molar-refractivity contribution < 1.29 is 8.42 Å². The van der Waals surface area contributed by atoms with Crippen LogP contribution in [0.2, 0.25) is 0 Å². The molecule has 1 saturated carbocycles. The molecule has 1 fully saturated rings. The van der Waals surface area contributed by atoms with Gasteiger partial charge in [0.15, 0.2) is 0 Å². The number of nitrogens with zero attached hydrogens (tertiary/aromatic N) is 1. The zero-order valence-corrected chi connectivity index (χ0v) is 14.5. The molecule has 6 heteroatoms. The molecule has 1 aliphatic rings. The molecule has 1 N–H and O–H groups in total. The first-order chi connectivity index (χ1) is 9.96. The highest BCUT2D eigenvalue weighted by Gasteiger charge is 2.28. The minimum absolute atomic E-state index is 0.0190. The van der Waals surface area contributed by atoms with E-state index < -0.39 is 10.0 Å². The predicted molar refractivity (Wildman–Crippen MR) is 89.1 cm³/mol. The Balaban J connectivity index is 2.21. The van der Waals surface area contributed by atoms with Crippen molar-refractivity contribution in [3.8, 4) is 0 Å². The second-order valence-electron chi connectivity index (χ2n) is 5.59. The molecule has 1 atom stereocenters. The van der Waals surface area contributed by atoms with Gasteiger partial charge in [0, 0.05) is 31.4 Å². The minimum Gasteiger partial charge on any atom is -0.310 e. The highest BCUT2D eigenvalue weighted by Crippen LogP contribution is 2.24. The van der Waals surface area contributed by atoms with Crippen LogP contribution < -0.4 is 5.32 Å². The average molecular weight is 329 g/mol. The maximum absolute atomic E-state index is 12.8. The Kier molecular flexibility index (Phi) is 5.71. The Bertz CT molecular complexity index is 571. The first-order valence-corrected chi connectivity index (χ1v) is 10.1. The molecule has 2 rings (SSSR count). The van der Waals surface area contributed by atoms with Crippen molar-refractivity contribution in [2.24, 2.45) is 0 Å². The van der Waals surface area contributed by atoms with Crippen LogP contribution in [0.3, 0.4) is 0 Å². The summed E-state index contributed by atoms with van der Waals surface area (Å²) < 4.78 is 27.1. The molecule has 0 aromatic heterocycles. The van der Waals surface area contributed by atoms with Gasteiger partial charge in [-0.3, -0.25) is 0 Å². The lowest BCUT2D eigenvalue weighted by atomic mass is 10.2. The van der Waals surface area contributed by atoms with E-state index in [1.165, 1.54) is 17.1 Å². The Morgan fingerprint density at radius 1 is 1.38 bits per heavy atom. The maximum Gasteiger partial charge on any atom is 0.243 e. The van der Waals surface area contributed by atoms with E-state index in [1.807, 2.05) is 25.3 Å². The van der Waals surface area contributed by atoms with Gasteiger partial charge < -0.3 is 5.32 Å². The molecule has 0 aliphatic heterocycles. The zero-order valence-electron chi connectivity index (χ0n) is 12.9. The van der Waals surface area contributed by atoms with Crippen molar-refractivity contribution in [3.63, 3.8) is 0 Å². The summed E-state index contributed by atoms with van der Waals surface area (Å²) in [5.74, 6) is 0.790. The Labute approximate surface area is 132 Å². The first-order valence-electron chi connectivity index (χ1n) is 7.25. The normalized spacial score (nSPS) is 17.1. The molecule has 1 aromatic carbocycles. The van der Waals surface area contributed by atoms with E-state index in [9.17, 15) is 8.42 Å². The number of benzene rings is 1. The number of hydrogen-bond acceptors (Lipinski definition) is 4. The lowest BCUT2D eigenvalue weighted by Gasteiger charge is -2.25. The topological polar surface area (TPSA) is 49.4 Å². The van der Waals surface area contributed by atoms with E-state index in [0.717, 1.165) is 11.3 Å². The van der Waals surface area contributed by atoms with Crippen molar-refractivity contribution in [1.82, 2.24) is 9.62 Å². The number of nitrogens with one attached hydrogen (secondary N) is 1. The van der Waals surface area contributed by atoms with Crippen LogP contribution in [0.25, 0.3) is 0 Å². The Morgan fingerprint density at radius 3 is 2.67 bits per heavy atom. The van der Waals surface area contributed by atoms with Gasteiger partial charge in [-0.15, -0.1) is 0 Å². The molecule has 0 amide bonds. The molecule has 1 unspecified atom stereocenters. The van der Waals surface area contributed by atoms with Gasteiger partial charge in [-0.25, -0.2) is 8.42 Å². The van der Waals surface area contributed by atoms with E-state index in [2.05, 4.69) is 5.32 Å². The summed E-state index contributed by atoms with van der Waals surface area (Å²) in [7, 11) is -1.77. The van der Waals surface area contributed by atoms with Crippen molar-refractivity contribution in [2.45, 2.75) is 43.3 Å². The second kappa shape index (κ2) is 7.13. The number of hydrogen-bond donors (Lipinski definition) is 1. The van der Waals surface area contributed by atoms with Crippen LogP contribution in [-0.2, 0) is 16.6 Å². The summed E-state index contributed by atoms with van der Waals surface area (Å²) in [5, 5.41) is 3.39.